The van der Waals surface area contributed by atoms with E-state index >= 15 is 0 Å². The number of aryl methyl sites for hydroxylation is 2. The van der Waals surface area contributed by atoms with E-state index in [-0.39, 0.29) is 18.1 Å². The van der Waals surface area contributed by atoms with Gasteiger partial charge in [0, 0.05) is 37.3 Å². The molecule has 3 heterocycles. The minimum Gasteiger partial charge on any atom is -0.469 e. The number of hydrogen-bond acceptors (Lipinski definition) is 5. The zero-order chi connectivity index (χ0) is 25.4. The number of anilines is 1. The van der Waals surface area contributed by atoms with Crippen molar-refractivity contribution >= 4 is 28.8 Å². The molecule has 2 aliphatic rings. The van der Waals surface area contributed by atoms with E-state index in [4.69, 9.17) is 14.5 Å². The molecule has 8 heteroatoms. The topological polar surface area (TPSA) is 93.9 Å². The van der Waals surface area contributed by atoms with Crippen molar-refractivity contribution in [2.24, 2.45) is 0 Å². The van der Waals surface area contributed by atoms with Crippen LogP contribution in [0.1, 0.15) is 60.7 Å². The number of esters is 1. The normalized spacial score (nSPS) is 19.2. The molecule has 1 unspecified atom stereocenters. The lowest BCUT2D eigenvalue weighted by atomic mass is 9.94. The van der Waals surface area contributed by atoms with Gasteiger partial charge in [-0.15, -0.1) is 0 Å². The average Bonchev–Trinajstić information content (AvgIpc) is 3.27. The average molecular weight is 492 g/mol. The molecule has 2 aliphatic heterocycles. The van der Waals surface area contributed by atoms with Gasteiger partial charge in [0.05, 0.1) is 29.7 Å². The van der Waals surface area contributed by atoms with Gasteiger partial charge in [0.2, 0.25) is 0 Å². The molecule has 190 valence electrons. The smallest absolute Gasteiger partial charge is 0.412 e. The maximum absolute atomic E-state index is 12.9. The second-order valence-electron chi connectivity index (χ2n) is 9.86. The minimum absolute atomic E-state index is 0.0920. The van der Waals surface area contributed by atoms with Crippen LogP contribution in [0.5, 0.6) is 0 Å². The maximum Gasteiger partial charge on any atom is 0.412 e. The summed E-state index contributed by atoms with van der Waals surface area (Å²) in [6.07, 6.45) is 2.69. The number of hydrogen-bond donors (Lipinski definition) is 1. The van der Waals surface area contributed by atoms with Crippen LogP contribution in [0.3, 0.4) is 0 Å². The van der Waals surface area contributed by atoms with E-state index in [0.29, 0.717) is 19.6 Å². The second kappa shape index (κ2) is 9.93. The van der Waals surface area contributed by atoms with E-state index in [9.17, 15) is 14.7 Å². The van der Waals surface area contributed by atoms with Crippen LogP contribution in [0.25, 0.3) is 11.0 Å². The highest BCUT2D eigenvalue weighted by molar-refractivity contribution is 5.96. The van der Waals surface area contributed by atoms with Crippen molar-refractivity contribution in [3.8, 4) is 0 Å². The monoisotopic (exact) mass is 491 g/mol. The Balaban J connectivity index is 1.70. The van der Waals surface area contributed by atoms with Crippen LogP contribution in [-0.2, 0) is 27.1 Å². The molecule has 1 aromatic heterocycles. The van der Waals surface area contributed by atoms with Crippen molar-refractivity contribution in [3.63, 3.8) is 0 Å². The number of amides is 1. The maximum atomic E-state index is 12.9. The third-order valence-electron chi connectivity index (χ3n) is 7.65. The van der Waals surface area contributed by atoms with Crippen LogP contribution >= 0.6 is 0 Å². The van der Waals surface area contributed by atoms with E-state index < -0.39 is 12.0 Å². The van der Waals surface area contributed by atoms with Crippen molar-refractivity contribution in [1.82, 2.24) is 9.55 Å². The minimum atomic E-state index is -0.943. The van der Waals surface area contributed by atoms with E-state index in [1.807, 2.05) is 50.2 Å². The summed E-state index contributed by atoms with van der Waals surface area (Å²) in [4.78, 5) is 31.7. The third-order valence-corrected chi connectivity index (χ3v) is 7.65. The van der Waals surface area contributed by atoms with Crippen molar-refractivity contribution in [2.75, 3.05) is 25.2 Å². The molecule has 0 radical (unpaired) electrons. The quantitative estimate of drug-likeness (QED) is 0.504. The van der Waals surface area contributed by atoms with Crippen LogP contribution in [0, 0.1) is 6.92 Å². The molecule has 0 saturated carbocycles. The highest BCUT2D eigenvalue weighted by Crippen LogP contribution is 2.40. The standard InChI is InChI=1S/C28H33N3O5/c1-17-15-23-21(10-9-18(2)30(23)28(33)34)25-26(17)31(20-11-13-36-14-12-20)24(29-25)16-22(27(32)35-3)19-7-5-4-6-8-19/h4-8,15,18,20,22H,9-14,16H2,1-3H3,(H,33,34)/t18-,22?/m0/s1. The number of rotatable bonds is 5. The fraction of sp³-hybridized carbons (Fsp3) is 0.464. The molecule has 36 heavy (non-hydrogen) atoms. The Kier molecular flexibility index (Phi) is 6.71. The molecule has 5 rings (SSSR count). The lowest BCUT2D eigenvalue weighted by Crippen LogP contribution is -2.41. The summed E-state index contributed by atoms with van der Waals surface area (Å²) >= 11 is 0. The number of imidazole rings is 1. The summed E-state index contributed by atoms with van der Waals surface area (Å²) in [7, 11) is 1.42. The van der Waals surface area contributed by atoms with Crippen LogP contribution in [0.2, 0.25) is 0 Å². The molecular weight excluding hydrogens is 458 g/mol. The molecule has 0 bridgehead atoms. The Hall–Kier alpha value is -3.39. The van der Waals surface area contributed by atoms with E-state index in [1.54, 1.807) is 0 Å². The summed E-state index contributed by atoms with van der Waals surface area (Å²) in [5, 5.41) is 9.95. The van der Waals surface area contributed by atoms with Crippen LogP contribution < -0.4 is 4.90 Å². The van der Waals surface area contributed by atoms with Gasteiger partial charge < -0.3 is 19.1 Å². The van der Waals surface area contributed by atoms with Crippen molar-refractivity contribution < 1.29 is 24.2 Å². The van der Waals surface area contributed by atoms with Crippen molar-refractivity contribution in [2.45, 2.75) is 64.0 Å². The van der Waals surface area contributed by atoms with E-state index in [0.717, 1.165) is 64.9 Å². The SMILES string of the molecule is COC(=O)C(Cc1nc2c3c(cc(C)c2n1C1CCOCC1)N(C(=O)O)[C@@H](C)CC3)c1ccccc1. The van der Waals surface area contributed by atoms with Gasteiger partial charge in [-0.1, -0.05) is 30.3 Å². The van der Waals surface area contributed by atoms with Gasteiger partial charge in [0.25, 0.3) is 0 Å². The Bertz CT molecular complexity index is 1280. The van der Waals surface area contributed by atoms with Gasteiger partial charge in [-0.25, -0.2) is 9.78 Å². The fourth-order valence-electron chi connectivity index (χ4n) is 5.85. The Morgan fingerprint density at radius 2 is 1.92 bits per heavy atom. The van der Waals surface area contributed by atoms with Gasteiger partial charge in [-0.2, -0.15) is 0 Å². The molecule has 1 amide bonds. The Morgan fingerprint density at radius 3 is 2.58 bits per heavy atom. The zero-order valence-electron chi connectivity index (χ0n) is 21.1. The third kappa shape index (κ3) is 4.23. The first-order chi connectivity index (χ1) is 17.4. The van der Waals surface area contributed by atoms with E-state index in [2.05, 4.69) is 4.57 Å². The number of nitrogens with zero attached hydrogens (tertiary/aromatic N) is 3. The molecule has 1 fully saturated rings. The van der Waals surface area contributed by atoms with Gasteiger partial charge in [0.15, 0.2) is 0 Å². The first-order valence-corrected chi connectivity index (χ1v) is 12.7. The van der Waals surface area contributed by atoms with Gasteiger partial charge in [-0.3, -0.25) is 9.69 Å². The van der Waals surface area contributed by atoms with Gasteiger partial charge in [-0.05, 0) is 56.7 Å². The van der Waals surface area contributed by atoms with Crippen LogP contribution in [0.4, 0.5) is 10.5 Å². The lowest BCUT2D eigenvalue weighted by molar-refractivity contribution is -0.142. The van der Waals surface area contributed by atoms with Crippen LogP contribution in [-0.4, -0.2) is 53.1 Å². The highest BCUT2D eigenvalue weighted by Gasteiger charge is 2.34. The number of fused-ring (bicyclic) bond motifs is 3. The molecule has 1 N–H and O–H groups in total. The molecular formula is C28H33N3O5. The fourth-order valence-corrected chi connectivity index (χ4v) is 5.85. The van der Waals surface area contributed by atoms with Gasteiger partial charge >= 0.3 is 12.1 Å². The molecule has 8 nitrogen and oxygen atoms in total. The molecule has 2 atom stereocenters. The van der Waals surface area contributed by atoms with Crippen molar-refractivity contribution in [3.05, 3.63) is 58.9 Å². The molecule has 1 saturated heterocycles. The number of carbonyl (C=O) groups excluding carboxylic acids is 1. The number of ether oxygens (including phenoxy) is 2. The van der Waals surface area contributed by atoms with Crippen LogP contribution in [0.15, 0.2) is 36.4 Å². The summed E-state index contributed by atoms with van der Waals surface area (Å²) in [6, 6.07) is 11.8. The zero-order valence-corrected chi connectivity index (χ0v) is 21.1. The first kappa shape index (κ1) is 24.3. The number of aromatic nitrogens is 2. The number of benzene rings is 2. The molecule has 2 aromatic carbocycles. The lowest BCUT2D eigenvalue weighted by Gasteiger charge is -2.34. The Labute approximate surface area is 210 Å². The van der Waals surface area contributed by atoms with Gasteiger partial charge in [0.1, 0.15) is 5.82 Å². The van der Waals surface area contributed by atoms with Crippen molar-refractivity contribution in [1.29, 1.82) is 0 Å². The summed E-state index contributed by atoms with van der Waals surface area (Å²) in [6.45, 7) is 5.33. The predicted octanol–water partition coefficient (Wildman–Crippen LogP) is 5.01. The molecule has 0 aliphatic carbocycles. The summed E-state index contributed by atoms with van der Waals surface area (Å²) in [5.41, 5.74) is 5.45. The Morgan fingerprint density at radius 1 is 1.19 bits per heavy atom. The van der Waals surface area contributed by atoms with E-state index in [1.165, 1.54) is 12.0 Å². The number of carbonyl (C=O) groups is 2. The molecule has 3 aromatic rings. The highest BCUT2D eigenvalue weighted by atomic mass is 16.5. The largest absolute Gasteiger partial charge is 0.469 e. The predicted molar refractivity (Wildman–Crippen MR) is 137 cm³/mol. The second-order valence-corrected chi connectivity index (χ2v) is 9.86. The first-order valence-electron chi connectivity index (χ1n) is 12.7. The number of methoxy groups -OCH3 is 1. The summed E-state index contributed by atoms with van der Waals surface area (Å²) in [5.74, 6) is 0.0443. The molecule has 0 spiro atoms. The summed E-state index contributed by atoms with van der Waals surface area (Å²) < 4.78 is 13.1. The number of carboxylic acid groups (broad SMARTS) is 1.